The second-order valence-corrected chi connectivity index (χ2v) is 11.7. The Balaban J connectivity index is 1.79. The van der Waals surface area contributed by atoms with Crippen LogP contribution in [-0.4, -0.2) is 16.1 Å². The number of fused-ring (bicyclic) bond motifs is 1. The van der Waals surface area contributed by atoms with Crippen molar-refractivity contribution in [3.63, 3.8) is 0 Å². The third-order valence-electron chi connectivity index (χ3n) is 8.08. The summed E-state index contributed by atoms with van der Waals surface area (Å²) in [6, 6.07) is 4.15. The molecule has 5 heteroatoms. The van der Waals surface area contributed by atoms with E-state index in [2.05, 4.69) is 37.5 Å². The summed E-state index contributed by atoms with van der Waals surface area (Å²) in [6.07, 6.45) is 9.28. The molecule has 3 N–H and O–H groups in total. The monoisotopic (exact) mass is 477 g/mol. The minimum atomic E-state index is -0.137. The number of Topliss-reactive ketones (excluding diaryl/α,β-unsaturated/α-hetero) is 1. The zero-order chi connectivity index (χ0) is 25.7. The number of anilines is 1. The molecule has 2 aliphatic rings. The van der Waals surface area contributed by atoms with Crippen molar-refractivity contribution in [2.75, 3.05) is 5.73 Å². The first-order chi connectivity index (χ1) is 16.4. The summed E-state index contributed by atoms with van der Waals surface area (Å²) >= 11 is 0. The molecule has 1 aromatic carbocycles. The molecule has 0 spiro atoms. The van der Waals surface area contributed by atoms with E-state index in [9.17, 15) is 9.18 Å². The van der Waals surface area contributed by atoms with Crippen LogP contribution >= 0.6 is 0 Å². The van der Waals surface area contributed by atoms with Crippen molar-refractivity contribution in [1.82, 2.24) is 4.57 Å². The van der Waals surface area contributed by atoms with Gasteiger partial charge in [0.05, 0.1) is 6.04 Å². The number of aryl methyl sites for hydroxylation is 1. The lowest BCUT2D eigenvalue weighted by atomic mass is 9.59. The van der Waals surface area contributed by atoms with E-state index in [1.165, 1.54) is 11.3 Å². The van der Waals surface area contributed by atoms with Crippen LogP contribution in [0.3, 0.4) is 0 Å². The van der Waals surface area contributed by atoms with Crippen LogP contribution in [0.1, 0.15) is 102 Å². The summed E-state index contributed by atoms with van der Waals surface area (Å²) in [5.41, 5.74) is 12.9. The van der Waals surface area contributed by atoms with Gasteiger partial charge >= 0.3 is 0 Å². The van der Waals surface area contributed by atoms with E-state index in [1.54, 1.807) is 19.9 Å². The molecule has 1 saturated carbocycles. The Morgan fingerprint density at radius 3 is 2.54 bits per heavy atom. The summed E-state index contributed by atoms with van der Waals surface area (Å²) in [7, 11) is 0. The van der Waals surface area contributed by atoms with Crippen LogP contribution in [0, 0.1) is 16.7 Å². The predicted molar refractivity (Wildman–Crippen MR) is 144 cm³/mol. The van der Waals surface area contributed by atoms with Crippen molar-refractivity contribution in [2.24, 2.45) is 11.3 Å². The zero-order valence-corrected chi connectivity index (χ0v) is 22.1. The fourth-order valence-electron chi connectivity index (χ4n) is 6.55. The van der Waals surface area contributed by atoms with Crippen LogP contribution in [-0.2, 0) is 11.2 Å². The van der Waals surface area contributed by atoms with Crippen LogP contribution in [0.15, 0.2) is 35.7 Å². The number of benzene rings is 1. The van der Waals surface area contributed by atoms with Crippen molar-refractivity contribution in [2.45, 2.75) is 92.0 Å². The highest BCUT2D eigenvalue weighted by molar-refractivity contribution is 6.05. The molecule has 0 amide bonds. The molecule has 4 rings (SSSR count). The fraction of sp³-hybridized carbons (Fsp3) is 0.533. The molecule has 0 bridgehead atoms. The van der Waals surface area contributed by atoms with Crippen LogP contribution < -0.4 is 5.73 Å². The first-order valence-electron chi connectivity index (χ1n) is 13.0. The maximum atomic E-state index is 14.2. The first kappa shape index (κ1) is 25.4. The predicted octanol–water partition coefficient (Wildman–Crippen LogP) is 7.81. The second kappa shape index (κ2) is 9.40. The van der Waals surface area contributed by atoms with Crippen LogP contribution in [0.5, 0.6) is 0 Å². The van der Waals surface area contributed by atoms with Crippen LogP contribution in [0.2, 0.25) is 0 Å². The third-order valence-corrected chi connectivity index (χ3v) is 8.08. The summed E-state index contributed by atoms with van der Waals surface area (Å²) in [5, 5.41) is 9.40. The van der Waals surface area contributed by atoms with E-state index in [-0.39, 0.29) is 29.0 Å². The maximum Gasteiger partial charge on any atom is 0.130 e. The number of halogens is 1. The summed E-state index contributed by atoms with van der Waals surface area (Å²) in [4.78, 5) is 11.5. The molecule has 188 valence electrons. The molecule has 0 radical (unpaired) electrons. The number of rotatable bonds is 8. The minimum Gasteiger partial charge on any atom is -0.398 e. The van der Waals surface area contributed by atoms with Gasteiger partial charge in [-0.25, -0.2) is 4.39 Å². The van der Waals surface area contributed by atoms with Crippen molar-refractivity contribution in [3.05, 3.63) is 52.5 Å². The largest absolute Gasteiger partial charge is 0.398 e. The molecule has 2 aliphatic carbocycles. The van der Waals surface area contributed by atoms with Gasteiger partial charge in [0.2, 0.25) is 0 Å². The summed E-state index contributed by atoms with van der Waals surface area (Å²) in [5.74, 6) is 0.958. The maximum absolute atomic E-state index is 14.2. The number of ketones is 1. The van der Waals surface area contributed by atoms with Gasteiger partial charge in [-0.05, 0) is 99.5 Å². The van der Waals surface area contributed by atoms with E-state index in [1.807, 2.05) is 13.0 Å². The third kappa shape index (κ3) is 4.87. The van der Waals surface area contributed by atoms with Crippen molar-refractivity contribution < 1.29 is 9.18 Å². The number of aromatic nitrogens is 1. The molecule has 1 aromatic heterocycles. The Bertz CT molecular complexity index is 1240. The number of nitrogens with two attached hydrogens (primary N) is 1. The molecule has 1 fully saturated rings. The Hall–Kier alpha value is -2.69. The molecule has 2 aromatic rings. The van der Waals surface area contributed by atoms with Crippen LogP contribution in [0.25, 0.3) is 10.9 Å². The smallest absolute Gasteiger partial charge is 0.130 e. The lowest BCUT2D eigenvalue weighted by molar-refractivity contribution is -0.119. The number of hydrogen-bond acceptors (Lipinski definition) is 3. The van der Waals surface area contributed by atoms with Crippen molar-refractivity contribution >= 4 is 28.1 Å². The molecule has 0 aliphatic heterocycles. The number of carbonyl (C=O) groups is 1. The molecule has 4 nitrogen and oxygen atoms in total. The SMILES string of the molecule is CC(=N)c1cc2c(cc1N)c(CCC1(C)CC(CC(C)=O)C1)c(C(C)C)n2C1C=C(C)C(F)=CC1. The zero-order valence-electron chi connectivity index (χ0n) is 22.1. The lowest BCUT2D eigenvalue weighted by Crippen LogP contribution is -2.35. The molecule has 35 heavy (non-hydrogen) atoms. The Morgan fingerprint density at radius 1 is 1.29 bits per heavy atom. The Morgan fingerprint density at radius 2 is 1.97 bits per heavy atom. The van der Waals surface area contributed by atoms with Gasteiger partial charge in [0.15, 0.2) is 0 Å². The number of nitrogens with one attached hydrogen (secondary N) is 1. The summed E-state index contributed by atoms with van der Waals surface area (Å²) in [6.45, 7) is 12.1. The van der Waals surface area contributed by atoms with Gasteiger partial charge < -0.3 is 20.5 Å². The van der Waals surface area contributed by atoms with Gasteiger partial charge in [-0.3, -0.25) is 0 Å². The van der Waals surface area contributed by atoms with E-state index in [0.717, 1.165) is 42.1 Å². The number of nitrogens with zero attached hydrogens (tertiary/aromatic N) is 1. The van der Waals surface area contributed by atoms with E-state index < -0.39 is 0 Å². The van der Waals surface area contributed by atoms with Gasteiger partial charge in [0.1, 0.15) is 11.6 Å². The standard InChI is InChI=1S/C30H40FN3O/c1-17(2)29-23(9-10-30(6)15-21(16-30)12-19(4)35)25-13-27(33)24(20(5)32)14-28(25)34(29)22-7-8-26(31)18(3)11-22/h8,11,13-14,17,21-22,32H,7,9-10,12,15-16,33H2,1-6H3. The van der Waals surface area contributed by atoms with Crippen molar-refractivity contribution in [1.29, 1.82) is 5.41 Å². The topological polar surface area (TPSA) is 71.9 Å². The van der Waals surface area contributed by atoms with Crippen LogP contribution in [0.4, 0.5) is 10.1 Å². The minimum absolute atomic E-state index is 0.0323. The molecule has 1 atom stereocenters. The number of nitrogen functional groups attached to an aromatic ring is 1. The number of hydrogen-bond donors (Lipinski definition) is 2. The van der Waals surface area contributed by atoms with Gasteiger partial charge in [-0.1, -0.05) is 26.8 Å². The van der Waals surface area contributed by atoms with Gasteiger partial charge in [0, 0.05) is 40.0 Å². The van der Waals surface area contributed by atoms with Gasteiger partial charge in [-0.2, -0.15) is 0 Å². The quantitative estimate of drug-likeness (QED) is 0.301. The molecule has 0 saturated heterocycles. The van der Waals surface area contributed by atoms with E-state index in [4.69, 9.17) is 11.1 Å². The first-order valence-corrected chi connectivity index (χ1v) is 13.0. The Kier molecular flexibility index (Phi) is 6.82. The molecule has 1 heterocycles. The molecular formula is C30H40FN3O. The molecule has 1 unspecified atom stereocenters. The van der Waals surface area contributed by atoms with E-state index >= 15 is 0 Å². The van der Waals surface area contributed by atoms with Gasteiger partial charge in [-0.15, -0.1) is 0 Å². The Labute approximate surface area is 209 Å². The average Bonchev–Trinajstić information content (AvgIpc) is 3.05. The van der Waals surface area contributed by atoms with Crippen molar-refractivity contribution in [3.8, 4) is 0 Å². The summed E-state index contributed by atoms with van der Waals surface area (Å²) < 4.78 is 16.6. The van der Waals surface area contributed by atoms with E-state index in [0.29, 0.717) is 35.7 Å². The normalized spacial score (nSPS) is 24.3. The second-order valence-electron chi connectivity index (χ2n) is 11.7. The average molecular weight is 478 g/mol. The number of carbonyl (C=O) groups excluding carboxylic acids is 1. The highest BCUT2D eigenvalue weighted by Gasteiger charge is 2.40. The highest BCUT2D eigenvalue weighted by atomic mass is 19.1. The van der Waals surface area contributed by atoms with Gasteiger partial charge in [0.25, 0.3) is 0 Å². The molecular weight excluding hydrogens is 437 g/mol. The highest BCUT2D eigenvalue weighted by Crippen LogP contribution is 2.51. The number of allylic oxidation sites excluding steroid dienone is 4. The fourth-order valence-corrected chi connectivity index (χ4v) is 6.55. The lowest BCUT2D eigenvalue weighted by Gasteiger charge is -2.45.